The Hall–Kier alpha value is -2.51. The normalized spacial score (nSPS) is 18.9. The van der Waals surface area contributed by atoms with Gasteiger partial charge in [0.25, 0.3) is 0 Å². The van der Waals surface area contributed by atoms with Crippen LogP contribution in [0.3, 0.4) is 0 Å². The molecule has 130 valence electrons. The molecule has 0 bridgehead atoms. The molecule has 1 aliphatic rings. The third kappa shape index (κ3) is 3.47. The van der Waals surface area contributed by atoms with E-state index >= 15 is 0 Å². The maximum absolute atomic E-state index is 10.5. The Labute approximate surface area is 145 Å². The lowest BCUT2D eigenvalue weighted by molar-refractivity contribution is 0.0542. The van der Waals surface area contributed by atoms with Crippen LogP contribution in [-0.2, 0) is 19.5 Å². The van der Waals surface area contributed by atoms with Gasteiger partial charge in [-0.25, -0.2) is 0 Å². The predicted molar refractivity (Wildman–Crippen MR) is 90.6 cm³/mol. The minimum absolute atomic E-state index is 0.0247. The van der Waals surface area contributed by atoms with Crippen molar-refractivity contribution in [3.8, 4) is 0 Å². The highest BCUT2D eigenvalue weighted by Gasteiger charge is 2.32. The summed E-state index contributed by atoms with van der Waals surface area (Å²) in [6.07, 6.45) is 3.84. The lowest BCUT2D eigenvalue weighted by Crippen LogP contribution is -2.40. The summed E-state index contributed by atoms with van der Waals surface area (Å²) in [6, 6.07) is 10.2. The van der Waals surface area contributed by atoms with Gasteiger partial charge in [0.15, 0.2) is 0 Å². The Bertz CT molecular complexity index is 830. The van der Waals surface area contributed by atoms with Crippen molar-refractivity contribution in [1.82, 2.24) is 24.9 Å². The van der Waals surface area contributed by atoms with E-state index in [1.807, 2.05) is 18.3 Å². The Balaban J connectivity index is 1.56. The summed E-state index contributed by atoms with van der Waals surface area (Å²) in [5.74, 6) is 1.17. The van der Waals surface area contributed by atoms with E-state index in [0.717, 1.165) is 13.0 Å². The monoisotopic (exact) mass is 339 g/mol. The van der Waals surface area contributed by atoms with Crippen LogP contribution in [0.15, 0.2) is 47.1 Å². The van der Waals surface area contributed by atoms with E-state index in [1.54, 1.807) is 17.8 Å². The molecule has 3 heterocycles. The van der Waals surface area contributed by atoms with Crippen molar-refractivity contribution in [2.75, 3.05) is 6.54 Å². The molecule has 25 heavy (non-hydrogen) atoms. The van der Waals surface area contributed by atoms with E-state index in [9.17, 15) is 5.11 Å². The molecule has 1 N–H and O–H groups in total. The second-order valence-electron chi connectivity index (χ2n) is 6.46. The zero-order chi connectivity index (χ0) is 17.2. The first-order valence-electron chi connectivity index (χ1n) is 8.45. The average molecular weight is 339 g/mol. The number of benzene rings is 1. The first-order valence-corrected chi connectivity index (χ1v) is 8.45. The number of aliphatic hydroxyl groups is 1. The van der Waals surface area contributed by atoms with Crippen LogP contribution in [0.4, 0.5) is 0 Å². The van der Waals surface area contributed by atoms with Crippen molar-refractivity contribution in [3.63, 3.8) is 0 Å². The maximum atomic E-state index is 10.5. The number of aryl methyl sites for hydroxylation is 1. The number of β-amino-alcohol motifs (C(OH)–C–C–N with tert-alkyl or cyclic N) is 1. The fourth-order valence-electron chi connectivity index (χ4n) is 3.41. The van der Waals surface area contributed by atoms with E-state index in [1.165, 1.54) is 11.1 Å². The first-order chi connectivity index (χ1) is 12.2. The number of hydrogen-bond donors (Lipinski definition) is 1. The van der Waals surface area contributed by atoms with Crippen molar-refractivity contribution >= 4 is 0 Å². The SMILES string of the molecule is Cc1nnc(C2Cc3ccccc3CN2CC(O)Cn2cccn2)o1. The minimum atomic E-state index is -0.531. The second kappa shape index (κ2) is 6.78. The highest BCUT2D eigenvalue weighted by atomic mass is 16.4. The van der Waals surface area contributed by atoms with Crippen LogP contribution >= 0.6 is 0 Å². The molecule has 2 atom stereocenters. The molecule has 7 heteroatoms. The van der Waals surface area contributed by atoms with Crippen molar-refractivity contribution in [2.24, 2.45) is 0 Å². The van der Waals surface area contributed by atoms with E-state index in [-0.39, 0.29) is 6.04 Å². The van der Waals surface area contributed by atoms with Gasteiger partial charge in [0.05, 0.1) is 18.7 Å². The fourth-order valence-corrected chi connectivity index (χ4v) is 3.41. The lowest BCUT2D eigenvalue weighted by Gasteiger charge is -2.36. The summed E-state index contributed by atoms with van der Waals surface area (Å²) < 4.78 is 7.44. The Morgan fingerprint density at radius 1 is 1.20 bits per heavy atom. The molecule has 0 fully saturated rings. The molecule has 0 saturated heterocycles. The van der Waals surface area contributed by atoms with Crippen LogP contribution in [0.2, 0.25) is 0 Å². The van der Waals surface area contributed by atoms with E-state index in [0.29, 0.717) is 24.9 Å². The molecule has 7 nitrogen and oxygen atoms in total. The van der Waals surface area contributed by atoms with Crippen LogP contribution in [0.25, 0.3) is 0 Å². The third-order valence-corrected chi connectivity index (χ3v) is 4.57. The summed E-state index contributed by atoms with van der Waals surface area (Å²) >= 11 is 0. The van der Waals surface area contributed by atoms with Gasteiger partial charge in [-0.1, -0.05) is 24.3 Å². The van der Waals surface area contributed by atoms with E-state index in [2.05, 4.69) is 38.4 Å². The molecule has 2 unspecified atom stereocenters. The fraction of sp³-hybridized carbons (Fsp3) is 0.389. The number of rotatable bonds is 5. The highest BCUT2D eigenvalue weighted by molar-refractivity contribution is 5.30. The molecule has 4 rings (SSSR count). The molecular formula is C18H21N5O2. The molecule has 0 saturated carbocycles. The van der Waals surface area contributed by atoms with Crippen LogP contribution < -0.4 is 0 Å². The second-order valence-corrected chi connectivity index (χ2v) is 6.46. The number of hydrogen-bond acceptors (Lipinski definition) is 6. The zero-order valence-electron chi connectivity index (χ0n) is 14.1. The van der Waals surface area contributed by atoms with Crippen LogP contribution in [0.1, 0.15) is 29.0 Å². The highest BCUT2D eigenvalue weighted by Crippen LogP contribution is 2.32. The zero-order valence-corrected chi connectivity index (χ0v) is 14.1. The maximum Gasteiger partial charge on any atom is 0.233 e. The van der Waals surface area contributed by atoms with Gasteiger partial charge >= 0.3 is 0 Å². The van der Waals surface area contributed by atoms with Gasteiger partial charge in [-0.3, -0.25) is 9.58 Å². The van der Waals surface area contributed by atoms with Crippen molar-refractivity contribution < 1.29 is 9.52 Å². The Morgan fingerprint density at radius 2 is 2.04 bits per heavy atom. The smallest absolute Gasteiger partial charge is 0.233 e. The largest absolute Gasteiger partial charge is 0.424 e. The van der Waals surface area contributed by atoms with Crippen LogP contribution in [0.5, 0.6) is 0 Å². The Kier molecular flexibility index (Phi) is 4.33. The lowest BCUT2D eigenvalue weighted by atomic mass is 9.93. The van der Waals surface area contributed by atoms with Gasteiger partial charge in [0.2, 0.25) is 11.8 Å². The van der Waals surface area contributed by atoms with Gasteiger partial charge < -0.3 is 9.52 Å². The van der Waals surface area contributed by atoms with Gasteiger partial charge in [-0.05, 0) is 23.6 Å². The third-order valence-electron chi connectivity index (χ3n) is 4.57. The van der Waals surface area contributed by atoms with Crippen molar-refractivity contribution in [3.05, 3.63) is 65.6 Å². The number of aromatic nitrogens is 4. The van der Waals surface area contributed by atoms with Gasteiger partial charge in [-0.2, -0.15) is 5.10 Å². The van der Waals surface area contributed by atoms with Crippen molar-refractivity contribution in [2.45, 2.75) is 38.6 Å². The van der Waals surface area contributed by atoms with Gasteiger partial charge in [-0.15, -0.1) is 10.2 Å². The topological polar surface area (TPSA) is 80.2 Å². The molecule has 0 amide bonds. The molecule has 1 aliphatic heterocycles. The number of fused-ring (bicyclic) bond motifs is 1. The van der Waals surface area contributed by atoms with Crippen molar-refractivity contribution in [1.29, 1.82) is 0 Å². The molecule has 0 spiro atoms. The average Bonchev–Trinajstić information content (AvgIpc) is 3.26. The van der Waals surface area contributed by atoms with Crippen LogP contribution in [-0.4, -0.2) is 42.6 Å². The van der Waals surface area contributed by atoms with Crippen LogP contribution in [0, 0.1) is 6.92 Å². The molecule has 0 aliphatic carbocycles. The minimum Gasteiger partial charge on any atom is -0.424 e. The summed E-state index contributed by atoms with van der Waals surface area (Å²) in [4.78, 5) is 2.21. The number of aliphatic hydroxyl groups excluding tert-OH is 1. The van der Waals surface area contributed by atoms with Gasteiger partial charge in [0.1, 0.15) is 0 Å². The summed E-state index contributed by atoms with van der Waals surface area (Å²) in [5, 5.41) is 22.9. The Morgan fingerprint density at radius 3 is 2.76 bits per heavy atom. The molecule has 0 radical (unpaired) electrons. The molecular weight excluding hydrogens is 318 g/mol. The van der Waals surface area contributed by atoms with E-state index < -0.39 is 6.10 Å². The summed E-state index contributed by atoms with van der Waals surface area (Å²) in [6.45, 7) is 3.52. The predicted octanol–water partition coefficient (Wildman–Crippen LogP) is 1.74. The molecule has 2 aromatic heterocycles. The summed E-state index contributed by atoms with van der Waals surface area (Å²) in [5.41, 5.74) is 2.57. The van der Waals surface area contributed by atoms with E-state index in [4.69, 9.17) is 4.42 Å². The number of nitrogens with zero attached hydrogens (tertiary/aromatic N) is 5. The molecule has 1 aromatic carbocycles. The first kappa shape index (κ1) is 16.0. The quantitative estimate of drug-likeness (QED) is 0.763. The standard InChI is InChI=1S/C18H21N5O2/c1-13-20-21-18(25-13)17-9-14-5-2-3-6-15(14)10-22(17)11-16(24)12-23-8-4-7-19-23/h2-8,16-17,24H,9-12H2,1H3. The molecule has 3 aromatic rings. The summed E-state index contributed by atoms with van der Waals surface area (Å²) in [7, 11) is 0. The van der Waals surface area contributed by atoms with Gasteiger partial charge in [0, 0.05) is 32.4 Å².